The fourth-order valence-electron chi connectivity index (χ4n) is 3.79. The number of rotatable bonds is 5. The molecule has 0 amide bonds. The van der Waals surface area contributed by atoms with Gasteiger partial charge in [0.2, 0.25) is 0 Å². The third-order valence-corrected chi connectivity index (χ3v) is 5.55. The van der Waals surface area contributed by atoms with Crippen LogP contribution < -0.4 is 5.56 Å². The van der Waals surface area contributed by atoms with Crippen LogP contribution in [0.5, 0.6) is 0 Å². The first-order chi connectivity index (χ1) is 12.8. The number of ether oxygens (including phenoxy) is 1. The van der Waals surface area contributed by atoms with E-state index in [1.807, 2.05) is 6.07 Å². The highest BCUT2D eigenvalue weighted by Crippen LogP contribution is 2.21. The molecule has 3 rings (SSSR count). The number of piperazine rings is 1. The van der Waals surface area contributed by atoms with Crippen molar-refractivity contribution in [2.45, 2.75) is 51.2 Å². The summed E-state index contributed by atoms with van der Waals surface area (Å²) >= 11 is 0. The predicted octanol–water partition coefficient (Wildman–Crippen LogP) is 0.700. The molecule has 7 heteroatoms. The van der Waals surface area contributed by atoms with E-state index in [0.717, 1.165) is 57.9 Å². The lowest BCUT2D eigenvalue weighted by atomic mass is 9.92. The van der Waals surface area contributed by atoms with Crippen LogP contribution >= 0.6 is 0 Å². The Morgan fingerprint density at radius 1 is 1.15 bits per heavy atom. The highest BCUT2D eigenvalue weighted by Gasteiger charge is 2.33. The maximum absolute atomic E-state index is 12.1. The number of aliphatic hydroxyl groups is 1. The van der Waals surface area contributed by atoms with Crippen molar-refractivity contribution in [3.8, 4) is 0 Å². The molecule has 2 aliphatic rings. The first-order valence-corrected chi connectivity index (χ1v) is 10.1. The fourth-order valence-corrected chi connectivity index (χ4v) is 3.79. The zero-order valence-corrected chi connectivity index (χ0v) is 17.0. The molecule has 1 aromatic heterocycles. The van der Waals surface area contributed by atoms with Crippen molar-refractivity contribution in [2.24, 2.45) is 0 Å². The lowest BCUT2D eigenvalue weighted by Crippen LogP contribution is -2.54. The summed E-state index contributed by atoms with van der Waals surface area (Å²) in [6.07, 6.45) is 1.76. The molecule has 1 N–H and O–H groups in total. The number of aromatic nitrogens is 2. The zero-order valence-electron chi connectivity index (χ0n) is 17.0. The topological polar surface area (TPSA) is 70.8 Å². The van der Waals surface area contributed by atoms with Crippen LogP contribution in [0.4, 0.5) is 0 Å². The Balaban J connectivity index is 1.48. The Labute approximate surface area is 161 Å². The lowest BCUT2D eigenvalue weighted by molar-refractivity contribution is -0.103. The second-order valence-corrected chi connectivity index (χ2v) is 9.03. The van der Waals surface area contributed by atoms with Gasteiger partial charge in [-0.3, -0.25) is 14.6 Å². The monoisotopic (exact) mass is 378 g/mol. The third-order valence-electron chi connectivity index (χ3n) is 5.55. The molecule has 1 unspecified atom stereocenters. The van der Waals surface area contributed by atoms with E-state index < -0.39 is 5.60 Å². The number of hydrogen-bond acceptors (Lipinski definition) is 6. The molecule has 2 aliphatic heterocycles. The van der Waals surface area contributed by atoms with E-state index in [9.17, 15) is 9.90 Å². The van der Waals surface area contributed by atoms with Crippen LogP contribution in [-0.2, 0) is 16.7 Å². The Kier molecular flexibility index (Phi) is 6.35. The molecule has 1 atom stereocenters. The van der Waals surface area contributed by atoms with Gasteiger partial charge in [0, 0.05) is 57.4 Å². The van der Waals surface area contributed by atoms with Crippen molar-refractivity contribution in [3.63, 3.8) is 0 Å². The van der Waals surface area contributed by atoms with Crippen molar-refractivity contribution < 1.29 is 9.84 Å². The maximum Gasteiger partial charge on any atom is 0.266 e. The van der Waals surface area contributed by atoms with Gasteiger partial charge in [0.1, 0.15) is 5.60 Å². The first kappa shape index (κ1) is 20.5. The largest absolute Gasteiger partial charge is 0.386 e. The number of β-amino-alcohol motifs (C(OH)–C–C–N with tert-alkyl or cyclic N) is 1. The van der Waals surface area contributed by atoms with Gasteiger partial charge < -0.3 is 9.84 Å². The molecule has 1 aromatic rings. The lowest BCUT2D eigenvalue weighted by Gasteiger charge is -2.40. The highest BCUT2D eigenvalue weighted by molar-refractivity contribution is 5.10. The Hall–Kier alpha value is -1.28. The third kappa shape index (κ3) is 5.60. The maximum atomic E-state index is 12.1. The second kappa shape index (κ2) is 8.39. The summed E-state index contributed by atoms with van der Waals surface area (Å²) in [5.41, 5.74) is 0.144. The van der Waals surface area contributed by atoms with Crippen LogP contribution in [-0.4, -0.2) is 82.8 Å². The minimum Gasteiger partial charge on any atom is -0.386 e. The van der Waals surface area contributed by atoms with E-state index >= 15 is 0 Å². The van der Waals surface area contributed by atoms with Crippen LogP contribution in [0.2, 0.25) is 0 Å². The van der Waals surface area contributed by atoms with E-state index in [2.05, 4.69) is 35.7 Å². The van der Waals surface area contributed by atoms with Crippen molar-refractivity contribution in [3.05, 3.63) is 28.2 Å². The summed E-state index contributed by atoms with van der Waals surface area (Å²) in [5.74, 6) is 0. The standard InChI is InChI=1S/C20H34N4O3/c1-19(2,3)17-5-6-18(25)24(21-17)13-12-22-8-10-23(11-9-22)15-20(26)7-4-14-27-16-20/h5-6,26H,4,7-16H2,1-3H3. The van der Waals surface area contributed by atoms with E-state index in [1.54, 1.807) is 10.7 Å². The summed E-state index contributed by atoms with van der Waals surface area (Å²) in [5, 5.41) is 15.2. The predicted molar refractivity (Wildman–Crippen MR) is 105 cm³/mol. The van der Waals surface area contributed by atoms with Gasteiger partial charge in [-0.05, 0) is 18.9 Å². The summed E-state index contributed by atoms with van der Waals surface area (Å²) in [6.45, 7) is 13.4. The summed E-state index contributed by atoms with van der Waals surface area (Å²) < 4.78 is 7.05. The van der Waals surface area contributed by atoms with Crippen LogP contribution in [0.1, 0.15) is 39.3 Å². The molecule has 0 saturated carbocycles. The highest BCUT2D eigenvalue weighted by atomic mass is 16.5. The quantitative estimate of drug-likeness (QED) is 0.813. The summed E-state index contributed by atoms with van der Waals surface area (Å²) in [7, 11) is 0. The van der Waals surface area contributed by atoms with Crippen molar-refractivity contribution in [1.82, 2.24) is 19.6 Å². The molecule has 0 spiro atoms. The molecule has 7 nitrogen and oxygen atoms in total. The first-order valence-electron chi connectivity index (χ1n) is 10.1. The van der Waals surface area contributed by atoms with Crippen LogP contribution in [0.3, 0.4) is 0 Å². The molecule has 152 valence electrons. The average molecular weight is 379 g/mol. The average Bonchev–Trinajstić information content (AvgIpc) is 2.61. The van der Waals surface area contributed by atoms with E-state index in [0.29, 0.717) is 19.7 Å². The zero-order chi connectivity index (χ0) is 19.5. The molecule has 3 heterocycles. The van der Waals surface area contributed by atoms with Crippen LogP contribution in [0.25, 0.3) is 0 Å². The Bertz CT molecular complexity index is 669. The SMILES string of the molecule is CC(C)(C)c1ccc(=O)n(CCN2CCN(CC3(O)CCCOC3)CC2)n1. The summed E-state index contributed by atoms with van der Waals surface area (Å²) in [6, 6.07) is 3.45. The Morgan fingerprint density at radius 2 is 1.85 bits per heavy atom. The van der Waals surface area contributed by atoms with Crippen LogP contribution in [0.15, 0.2) is 16.9 Å². The minimum absolute atomic E-state index is 0.0406. The Morgan fingerprint density at radius 3 is 2.48 bits per heavy atom. The van der Waals surface area contributed by atoms with E-state index in [-0.39, 0.29) is 11.0 Å². The van der Waals surface area contributed by atoms with Crippen molar-refractivity contribution >= 4 is 0 Å². The van der Waals surface area contributed by atoms with Gasteiger partial charge >= 0.3 is 0 Å². The molecule has 0 aromatic carbocycles. The van der Waals surface area contributed by atoms with Gasteiger partial charge in [-0.15, -0.1) is 0 Å². The van der Waals surface area contributed by atoms with E-state index in [1.165, 1.54) is 0 Å². The molecule has 0 bridgehead atoms. The molecular formula is C20H34N4O3. The van der Waals surface area contributed by atoms with Crippen molar-refractivity contribution in [2.75, 3.05) is 52.5 Å². The van der Waals surface area contributed by atoms with Crippen molar-refractivity contribution in [1.29, 1.82) is 0 Å². The number of hydrogen-bond donors (Lipinski definition) is 1. The van der Waals surface area contributed by atoms with Gasteiger partial charge in [-0.2, -0.15) is 5.10 Å². The molecular weight excluding hydrogens is 344 g/mol. The molecule has 27 heavy (non-hydrogen) atoms. The molecule has 2 saturated heterocycles. The smallest absolute Gasteiger partial charge is 0.266 e. The van der Waals surface area contributed by atoms with E-state index in [4.69, 9.17) is 4.74 Å². The van der Waals surface area contributed by atoms with Crippen LogP contribution in [0, 0.1) is 0 Å². The minimum atomic E-state index is -0.689. The number of nitrogens with zero attached hydrogens (tertiary/aromatic N) is 4. The van der Waals surface area contributed by atoms with Gasteiger partial charge in [0.15, 0.2) is 0 Å². The van der Waals surface area contributed by atoms with Gasteiger partial charge in [-0.25, -0.2) is 4.68 Å². The van der Waals surface area contributed by atoms with Gasteiger partial charge in [-0.1, -0.05) is 20.8 Å². The van der Waals surface area contributed by atoms with Gasteiger partial charge in [0.25, 0.3) is 5.56 Å². The molecule has 0 radical (unpaired) electrons. The van der Waals surface area contributed by atoms with Gasteiger partial charge in [0.05, 0.1) is 18.8 Å². The summed E-state index contributed by atoms with van der Waals surface area (Å²) in [4.78, 5) is 16.8. The second-order valence-electron chi connectivity index (χ2n) is 9.03. The molecule has 2 fully saturated rings. The fraction of sp³-hybridized carbons (Fsp3) is 0.800. The normalized spacial score (nSPS) is 25.6. The molecule has 0 aliphatic carbocycles.